The van der Waals surface area contributed by atoms with Gasteiger partial charge in [0.25, 0.3) is 0 Å². The van der Waals surface area contributed by atoms with Crippen molar-refractivity contribution in [1.82, 2.24) is 0 Å². The van der Waals surface area contributed by atoms with Gasteiger partial charge in [-0.1, -0.05) is 6.07 Å². The van der Waals surface area contributed by atoms with Crippen molar-refractivity contribution in [1.29, 1.82) is 0 Å². The molecule has 1 aromatic carbocycles. The molecule has 4 bridgehead atoms. The third kappa shape index (κ3) is 2.96. The fraction of sp³-hybridized carbons (Fsp3) is 0.619. The highest BCUT2D eigenvalue weighted by molar-refractivity contribution is 5.96. The van der Waals surface area contributed by atoms with E-state index < -0.39 is 0 Å². The first-order valence-electron chi connectivity index (χ1n) is 9.87. The summed E-state index contributed by atoms with van der Waals surface area (Å²) in [5.41, 5.74) is 1.58. The van der Waals surface area contributed by atoms with Crippen molar-refractivity contribution in [3.05, 3.63) is 24.3 Å². The summed E-state index contributed by atoms with van der Waals surface area (Å²) in [6.07, 6.45) is 8.41. The van der Waals surface area contributed by atoms with Gasteiger partial charge in [-0.15, -0.1) is 0 Å². The van der Waals surface area contributed by atoms with E-state index >= 15 is 0 Å². The van der Waals surface area contributed by atoms with Gasteiger partial charge in [0.2, 0.25) is 11.8 Å². The normalized spacial score (nSPS) is 35.4. The van der Waals surface area contributed by atoms with E-state index in [-0.39, 0.29) is 23.7 Å². The average molecular weight is 338 g/mol. The van der Waals surface area contributed by atoms with Crippen LogP contribution in [0, 0.1) is 35.5 Å². The van der Waals surface area contributed by atoms with Gasteiger partial charge in [-0.2, -0.15) is 0 Å². The summed E-state index contributed by atoms with van der Waals surface area (Å²) in [4.78, 5) is 24.9. The third-order valence-electron chi connectivity index (χ3n) is 6.88. The van der Waals surface area contributed by atoms with Crippen LogP contribution >= 0.6 is 0 Å². The smallest absolute Gasteiger partial charge is 0.228 e. The highest BCUT2D eigenvalue weighted by Gasteiger charge is 2.50. The third-order valence-corrected chi connectivity index (χ3v) is 6.88. The van der Waals surface area contributed by atoms with Gasteiger partial charge in [0.15, 0.2) is 0 Å². The minimum absolute atomic E-state index is 0.101. The van der Waals surface area contributed by atoms with Crippen LogP contribution in [0.2, 0.25) is 0 Å². The van der Waals surface area contributed by atoms with E-state index in [2.05, 4.69) is 10.6 Å². The van der Waals surface area contributed by atoms with Crippen molar-refractivity contribution in [3.8, 4) is 0 Å². The minimum atomic E-state index is 0.101. The number of hydrogen-bond donors (Lipinski definition) is 2. The topological polar surface area (TPSA) is 58.2 Å². The molecular formula is C21H26N2O2. The molecular weight excluding hydrogens is 312 g/mol. The van der Waals surface area contributed by atoms with Crippen molar-refractivity contribution in [2.45, 2.75) is 44.9 Å². The van der Waals surface area contributed by atoms with Crippen LogP contribution in [0.3, 0.4) is 0 Å². The lowest BCUT2D eigenvalue weighted by Crippen LogP contribution is -2.49. The van der Waals surface area contributed by atoms with E-state index in [1.54, 1.807) is 0 Å². The molecule has 1 aromatic rings. The van der Waals surface area contributed by atoms with Gasteiger partial charge in [0.05, 0.1) is 0 Å². The molecule has 0 unspecified atom stereocenters. The Bertz CT molecular complexity index is 682. The quantitative estimate of drug-likeness (QED) is 0.870. The largest absolute Gasteiger partial charge is 0.326 e. The number of nitrogens with one attached hydrogen (secondary N) is 2. The summed E-state index contributed by atoms with van der Waals surface area (Å²) in [7, 11) is 0. The van der Waals surface area contributed by atoms with E-state index in [0.29, 0.717) is 11.8 Å². The fourth-order valence-corrected chi connectivity index (χ4v) is 5.84. The van der Waals surface area contributed by atoms with E-state index in [0.717, 1.165) is 36.1 Å². The summed E-state index contributed by atoms with van der Waals surface area (Å²) in [5, 5.41) is 6.10. The summed E-state index contributed by atoms with van der Waals surface area (Å²) in [6, 6.07) is 7.59. The van der Waals surface area contributed by atoms with Crippen LogP contribution in [0.15, 0.2) is 24.3 Å². The second-order valence-electron chi connectivity index (χ2n) is 8.79. The number of benzene rings is 1. The predicted octanol–water partition coefficient (Wildman–Crippen LogP) is 4.05. The van der Waals surface area contributed by atoms with E-state index in [4.69, 9.17) is 0 Å². The van der Waals surface area contributed by atoms with Gasteiger partial charge in [-0.3, -0.25) is 9.59 Å². The zero-order valence-corrected chi connectivity index (χ0v) is 14.5. The monoisotopic (exact) mass is 338 g/mol. The van der Waals surface area contributed by atoms with Gasteiger partial charge in [0.1, 0.15) is 0 Å². The van der Waals surface area contributed by atoms with Crippen molar-refractivity contribution < 1.29 is 9.59 Å². The molecule has 0 spiro atoms. The molecule has 4 nitrogen and oxygen atoms in total. The number of hydrogen-bond acceptors (Lipinski definition) is 2. The van der Waals surface area contributed by atoms with E-state index in [9.17, 15) is 9.59 Å². The molecule has 132 valence electrons. The molecule has 0 heterocycles. The SMILES string of the molecule is O=C(Nc1cccc(NC(=O)C2C3CC4CC(C3)CC2C4)c1)C1CC1. The van der Waals surface area contributed by atoms with Crippen molar-refractivity contribution in [2.75, 3.05) is 10.6 Å². The molecule has 2 N–H and O–H groups in total. The predicted molar refractivity (Wildman–Crippen MR) is 97.0 cm³/mol. The van der Waals surface area contributed by atoms with Crippen LogP contribution in [0.1, 0.15) is 44.9 Å². The molecule has 2 amide bonds. The van der Waals surface area contributed by atoms with Gasteiger partial charge in [0, 0.05) is 23.2 Å². The Morgan fingerprint density at radius 1 is 0.800 bits per heavy atom. The second kappa shape index (κ2) is 5.86. The van der Waals surface area contributed by atoms with Crippen molar-refractivity contribution >= 4 is 23.2 Å². The molecule has 0 aliphatic heterocycles. The van der Waals surface area contributed by atoms with Gasteiger partial charge < -0.3 is 10.6 Å². The highest BCUT2D eigenvalue weighted by atomic mass is 16.2. The van der Waals surface area contributed by atoms with Crippen LogP contribution in [0.25, 0.3) is 0 Å². The molecule has 5 aliphatic carbocycles. The Kier molecular flexibility index (Phi) is 3.61. The maximum Gasteiger partial charge on any atom is 0.228 e. The van der Waals surface area contributed by atoms with Gasteiger partial charge in [-0.05, 0) is 86.8 Å². The number of rotatable bonds is 4. The Hall–Kier alpha value is -1.84. The minimum Gasteiger partial charge on any atom is -0.326 e. The van der Waals surface area contributed by atoms with Crippen LogP contribution in [-0.4, -0.2) is 11.8 Å². The maximum atomic E-state index is 13.0. The number of amides is 2. The molecule has 0 saturated heterocycles. The van der Waals surface area contributed by atoms with Crippen LogP contribution in [0.4, 0.5) is 11.4 Å². The molecule has 5 saturated carbocycles. The first-order chi connectivity index (χ1) is 12.2. The van der Waals surface area contributed by atoms with Crippen molar-refractivity contribution in [3.63, 3.8) is 0 Å². The molecule has 6 rings (SSSR count). The zero-order chi connectivity index (χ0) is 17.0. The van der Waals surface area contributed by atoms with E-state index in [1.807, 2.05) is 24.3 Å². The molecule has 0 aromatic heterocycles. The summed E-state index contributed by atoms with van der Waals surface area (Å²) in [6.45, 7) is 0. The zero-order valence-electron chi connectivity index (χ0n) is 14.5. The Morgan fingerprint density at radius 3 is 1.92 bits per heavy atom. The first-order valence-corrected chi connectivity index (χ1v) is 9.87. The Balaban J connectivity index is 1.27. The lowest BCUT2D eigenvalue weighted by molar-refractivity contribution is -0.132. The highest BCUT2D eigenvalue weighted by Crippen LogP contribution is 2.56. The second-order valence-corrected chi connectivity index (χ2v) is 8.79. The Labute approximate surface area is 148 Å². The number of carbonyl (C=O) groups is 2. The summed E-state index contributed by atoms with van der Waals surface area (Å²) < 4.78 is 0. The lowest BCUT2D eigenvalue weighted by atomic mass is 9.51. The van der Waals surface area contributed by atoms with Gasteiger partial charge >= 0.3 is 0 Å². The van der Waals surface area contributed by atoms with Crippen LogP contribution in [-0.2, 0) is 9.59 Å². The first kappa shape index (κ1) is 15.4. The number of carbonyl (C=O) groups excluding carboxylic acids is 2. The molecule has 0 radical (unpaired) electrons. The maximum absolute atomic E-state index is 13.0. The fourth-order valence-electron chi connectivity index (χ4n) is 5.84. The standard InChI is InChI=1S/C21H26N2O2/c24-20(14-4-5-14)22-17-2-1-3-18(11-17)23-21(25)19-15-7-12-6-13(9-15)10-16(19)8-12/h1-3,11-16,19H,4-10H2,(H,22,24)(H,23,25). The molecule has 25 heavy (non-hydrogen) atoms. The number of anilines is 2. The molecule has 5 fully saturated rings. The van der Waals surface area contributed by atoms with E-state index in [1.165, 1.54) is 32.1 Å². The molecule has 5 aliphatic rings. The summed E-state index contributed by atoms with van der Waals surface area (Å²) >= 11 is 0. The lowest BCUT2D eigenvalue weighted by Gasteiger charge is -2.53. The van der Waals surface area contributed by atoms with Gasteiger partial charge in [-0.25, -0.2) is 0 Å². The van der Waals surface area contributed by atoms with Crippen LogP contribution < -0.4 is 10.6 Å². The molecule has 4 heteroatoms. The Morgan fingerprint density at radius 2 is 1.36 bits per heavy atom. The average Bonchev–Trinajstić information content (AvgIpc) is 3.39. The summed E-state index contributed by atoms with van der Waals surface area (Å²) in [5.74, 6) is 3.62. The van der Waals surface area contributed by atoms with Crippen molar-refractivity contribution in [2.24, 2.45) is 35.5 Å². The van der Waals surface area contributed by atoms with Crippen LogP contribution in [0.5, 0.6) is 0 Å². The molecule has 0 atom stereocenters.